The summed E-state index contributed by atoms with van der Waals surface area (Å²) < 4.78 is 40.7. The van der Waals surface area contributed by atoms with Crippen molar-refractivity contribution in [2.45, 2.75) is 55.0 Å². The highest BCUT2D eigenvalue weighted by Crippen LogP contribution is 2.60. The number of fused-ring (bicyclic) bond motifs is 10. The van der Waals surface area contributed by atoms with E-state index >= 15 is 0 Å². The quantitative estimate of drug-likeness (QED) is 0.362. The summed E-state index contributed by atoms with van der Waals surface area (Å²) in [5.74, 6) is 2.80. The first-order chi connectivity index (χ1) is 14.9. The first-order valence-corrected chi connectivity index (χ1v) is 12.9. The molecule has 1 aromatic rings. The van der Waals surface area contributed by atoms with Crippen LogP contribution in [0.25, 0.3) is 0 Å². The summed E-state index contributed by atoms with van der Waals surface area (Å²) in [6, 6.07) is 5.32. The molecule has 0 aromatic heterocycles. The number of epoxide rings is 2. The molecule has 0 unspecified atom stereocenters. The van der Waals surface area contributed by atoms with Gasteiger partial charge >= 0.3 is 0 Å². The van der Waals surface area contributed by atoms with Crippen molar-refractivity contribution < 1.29 is 22.8 Å². The maximum atomic E-state index is 13.7. The average Bonchev–Trinajstić information content (AvgIpc) is 3.59. The zero-order chi connectivity index (χ0) is 21.1. The maximum Gasteiger partial charge on any atom is 0.269 e. The molecule has 166 valence electrons. The van der Waals surface area contributed by atoms with Crippen LogP contribution in [0.4, 0.5) is 5.69 Å². The van der Waals surface area contributed by atoms with Crippen molar-refractivity contribution >= 4 is 15.7 Å². The van der Waals surface area contributed by atoms with Crippen LogP contribution in [0.3, 0.4) is 0 Å². The van der Waals surface area contributed by atoms with Crippen LogP contribution in [0.15, 0.2) is 29.2 Å². The van der Waals surface area contributed by atoms with Gasteiger partial charge in [0.25, 0.3) is 5.69 Å². The monoisotopic (exact) mass is 446 g/mol. The third kappa shape index (κ3) is 2.79. The Morgan fingerprint density at radius 1 is 0.871 bits per heavy atom. The summed E-state index contributed by atoms with van der Waals surface area (Å²) >= 11 is 0. The lowest BCUT2D eigenvalue weighted by molar-refractivity contribution is -0.384. The maximum absolute atomic E-state index is 13.7. The summed E-state index contributed by atoms with van der Waals surface area (Å²) in [6.07, 6.45) is 5.96. The van der Waals surface area contributed by atoms with Gasteiger partial charge in [0.05, 0.1) is 34.2 Å². The van der Waals surface area contributed by atoms with Gasteiger partial charge in [-0.15, -0.1) is 0 Å². The molecule has 0 amide bonds. The topological polar surface area (TPSA) is 106 Å². The number of sulfonamides is 1. The van der Waals surface area contributed by atoms with E-state index in [0.29, 0.717) is 73.0 Å². The number of nitrogens with zero attached hydrogens (tertiary/aromatic N) is 2. The van der Waals surface area contributed by atoms with E-state index in [2.05, 4.69) is 0 Å². The van der Waals surface area contributed by atoms with E-state index in [4.69, 9.17) is 9.47 Å². The highest BCUT2D eigenvalue weighted by molar-refractivity contribution is 7.89. The van der Waals surface area contributed by atoms with E-state index in [1.54, 1.807) is 4.31 Å². The van der Waals surface area contributed by atoms with Gasteiger partial charge in [-0.2, -0.15) is 4.31 Å². The van der Waals surface area contributed by atoms with Gasteiger partial charge in [0, 0.05) is 25.2 Å². The molecule has 2 aliphatic heterocycles. The number of hydrogen-bond donors (Lipinski definition) is 0. The van der Waals surface area contributed by atoms with Crippen LogP contribution in [-0.2, 0) is 19.5 Å². The van der Waals surface area contributed by atoms with Gasteiger partial charge in [-0.1, -0.05) is 0 Å². The Balaban J connectivity index is 1.16. The zero-order valence-corrected chi connectivity index (χ0v) is 17.9. The second-order valence-electron chi connectivity index (χ2n) is 10.5. The van der Waals surface area contributed by atoms with Gasteiger partial charge in [-0.3, -0.25) is 10.1 Å². The van der Waals surface area contributed by atoms with Crippen molar-refractivity contribution in [1.29, 1.82) is 0 Å². The first-order valence-electron chi connectivity index (χ1n) is 11.5. The summed E-state index contributed by atoms with van der Waals surface area (Å²) in [5, 5.41) is 11.0. The summed E-state index contributed by atoms with van der Waals surface area (Å²) in [7, 11) is -3.73. The molecule has 6 aliphatic rings. The number of hydrogen-bond acceptors (Lipinski definition) is 6. The Labute approximate surface area is 181 Å². The Bertz CT molecular complexity index is 1000. The fourth-order valence-corrected chi connectivity index (χ4v) is 9.12. The third-order valence-electron chi connectivity index (χ3n) is 9.03. The van der Waals surface area contributed by atoms with E-state index in [9.17, 15) is 18.5 Å². The molecule has 10 atom stereocenters. The molecule has 6 fully saturated rings. The molecule has 0 radical (unpaired) electrons. The second-order valence-corrected chi connectivity index (χ2v) is 12.5. The molecule has 0 spiro atoms. The van der Waals surface area contributed by atoms with E-state index < -0.39 is 14.9 Å². The lowest BCUT2D eigenvalue weighted by atomic mass is 9.87. The Morgan fingerprint density at radius 3 is 1.81 bits per heavy atom. The normalized spacial score (nSPS) is 45.7. The van der Waals surface area contributed by atoms with Crippen molar-refractivity contribution in [2.75, 3.05) is 13.1 Å². The molecule has 8 nitrogen and oxygen atoms in total. The van der Waals surface area contributed by atoms with Gasteiger partial charge in [0.15, 0.2) is 0 Å². The molecule has 31 heavy (non-hydrogen) atoms. The highest BCUT2D eigenvalue weighted by atomic mass is 32.2. The highest BCUT2D eigenvalue weighted by Gasteiger charge is 2.65. The van der Waals surface area contributed by atoms with E-state index in [-0.39, 0.29) is 10.6 Å². The molecule has 1 aromatic carbocycles. The molecular formula is C22H26N2O6S. The van der Waals surface area contributed by atoms with Crippen LogP contribution in [-0.4, -0.2) is 55.2 Å². The predicted octanol–water partition coefficient (Wildman–Crippen LogP) is 2.43. The minimum absolute atomic E-state index is 0.0967. The molecule has 4 saturated carbocycles. The van der Waals surface area contributed by atoms with Crippen LogP contribution in [0.2, 0.25) is 0 Å². The van der Waals surface area contributed by atoms with Gasteiger partial charge in [0.1, 0.15) is 0 Å². The molecular weight excluding hydrogens is 420 g/mol. The van der Waals surface area contributed by atoms with Crippen molar-refractivity contribution in [3.05, 3.63) is 34.4 Å². The number of rotatable bonds is 7. The Kier molecular flexibility index (Phi) is 3.84. The van der Waals surface area contributed by atoms with E-state index in [0.717, 1.165) is 25.7 Å². The lowest BCUT2D eigenvalue weighted by Gasteiger charge is -2.32. The molecule has 0 N–H and O–H groups in total. The minimum Gasteiger partial charge on any atom is -0.369 e. The molecule has 2 heterocycles. The van der Waals surface area contributed by atoms with Crippen molar-refractivity contribution in [1.82, 2.24) is 4.31 Å². The molecule has 2 saturated heterocycles. The van der Waals surface area contributed by atoms with Crippen molar-refractivity contribution in [3.63, 3.8) is 0 Å². The predicted molar refractivity (Wildman–Crippen MR) is 109 cm³/mol. The number of benzene rings is 1. The second kappa shape index (κ2) is 6.27. The lowest BCUT2D eigenvalue weighted by Crippen LogP contribution is -2.42. The molecule has 4 aliphatic carbocycles. The molecule has 7 rings (SSSR count). The smallest absolute Gasteiger partial charge is 0.269 e. The van der Waals surface area contributed by atoms with Crippen molar-refractivity contribution in [2.24, 2.45) is 35.5 Å². The summed E-state index contributed by atoms with van der Waals surface area (Å²) in [5.41, 5.74) is -0.0967. The van der Waals surface area contributed by atoms with Crippen LogP contribution < -0.4 is 0 Å². The fourth-order valence-electron chi connectivity index (χ4n) is 7.57. The SMILES string of the molecule is O=[N+]([O-])c1ccc(S(=O)(=O)N(C[C@H]2C[C@@H]3C[C@H]2[C@H]2O[C@@H]32)C[C@H]2C[C@H]3C[C@@H]2[C@@H]2O[C@H]32)cc1. The standard InChI is InChI=1S/C22H26N2O6S/c25-24(26)15-1-3-16(4-2-15)31(27,28)23(9-13-5-11-7-17(13)21-19(11)29-21)10-14-6-12-8-18(14)22-20(12)30-22/h1-4,11-14,17-22H,5-10H2/t11-,12+,13-,14-,17-,18+,19+,20-,21-,22+/m1/s1. The van der Waals surface area contributed by atoms with E-state index in [1.807, 2.05) is 0 Å². The minimum atomic E-state index is -3.73. The molecule has 9 heteroatoms. The Hall–Kier alpha value is -1.55. The van der Waals surface area contributed by atoms with Gasteiger partial charge in [-0.25, -0.2) is 8.42 Å². The Morgan fingerprint density at radius 2 is 1.39 bits per heavy atom. The van der Waals surface area contributed by atoms with Crippen LogP contribution >= 0.6 is 0 Å². The third-order valence-corrected chi connectivity index (χ3v) is 10.9. The molecule has 4 bridgehead atoms. The van der Waals surface area contributed by atoms with Gasteiger partial charge in [-0.05, 0) is 73.3 Å². The number of non-ortho nitro benzene ring substituents is 1. The van der Waals surface area contributed by atoms with E-state index in [1.165, 1.54) is 24.3 Å². The van der Waals surface area contributed by atoms with Gasteiger partial charge in [0.2, 0.25) is 10.0 Å². The van der Waals surface area contributed by atoms with Crippen LogP contribution in [0, 0.1) is 45.6 Å². The zero-order valence-electron chi connectivity index (χ0n) is 17.1. The average molecular weight is 447 g/mol. The number of nitro benzene ring substituents is 1. The van der Waals surface area contributed by atoms with Gasteiger partial charge < -0.3 is 9.47 Å². The van der Waals surface area contributed by atoms with Crippen molar-refractivity contribution in [3.8, 4) is 0 Å². The fraction of sp³-hybridized carbons (Fsp3) is 0.727. The largest absolute Gasteiger partial charge is 0.369 e. The van der Waals surface area contributed by atoms with Crippen LogP contribution in [0.5, 0.6) is 0 Å². The summed E-state index contributed by atoms with van der Waals surface area (Å²) in [4.78, 5) is 10.6. The number of nitro groups is 1. The number of ether oxygens (including phenoxy) is 2. The first kappa shape index (κ1) is 19.0. The van der Waals surface area contributed by atoms with Crippen LogP contribution in [0.1, 0.15) is 25.7 Å². The summed E-state index contributed by atoms with van der Waals surface area (Å²) in [6.45, 7) is 1.05.